The summed E-state index contributed by atoms with van der Waals surface area (Å²) in [6.45, 7) is 5.24. The topological polar surface area (TPSA) is 139 Å². The molecule has 0 fully saturated rings. The molecule has 47 heavy (non-hydrogen) atoms. The van der Waals surface area contributed by atoms with Crippen molar-refractivity contribution in [3.8, 4) is 11.5 Å². The lowest BCUT2D eigenvalue weighted by molar-refractivity contribution is -0.128. The second-order valence-electron chi connectivity index (χ2n) is 12.0. The molecule has 0 aliphatic carbocycles. The number of hydrogen-bond donors (Lipinski definition) is 5. The van der Waals surface area contributed by atoms with Gasteiger partial charge >= 0.3 is 5.97 Å². The predicted molar refractivity (Wildman–Crippen MR) is 187 cm³/mol. The Morgan fingerprint density at radius 1 is 0.936 bits per heavy atom. The molecule has 1 atom stereocenters. The van der Waals surface area contributed by atoms with Gasteiger partial charge in [0.15, 0.2) is 5.75 Å². The lowest BCUT2D eigenvalue weighted by Gasteiger charge is -2.19. The van der Waals surface area contributed by atoms with Crippen LogP contribution < -0.4 is 31.4 Å². The second kappa shape index (κ2) is 15.4. The lowest BCUT2D eigenvalue weighted by Crippen LogP contribution is -2.38. The van der Waals surface area contributed by atoms with Crippen LogP contribution in [0.25, 0.3) is 17.0 Å². The zero-order chi connectivity index (χ0) is 33.2. The minimum atomic E-state index is -0.851. The predicted octanol–water partition coefficient (Wildman–Crippen LogP) is 5.87. The Labute approximate surface area is 274 Å². The highest BCUT2D eigenvalue weighted by molar-refractivity contribution is 5.93. The fourth-order valence-corrected chi connectivity index (χ4v) is 4.90. The van der Waals surface area contributed by atoms with E-state index in [1.165, 1.54) is 12.1 Å². The summed E-state index contributed by atoms with van der Waals surface area (Å²) >= 11 is 0. The van der Waals surface area contributed by atoms with E-state index in [1.54, 1.807) is 24.3 Å². The van der Waals surface area contributed by atoms with Crippen molar-refractivity contribution in [2.24, 2.45) is 5.73 Å². The summed E-state index contributed by atoms with van der Waals surface area (Å²) in [7, 11) is 0. The van der Waals surface area contributed by atoms with Gasteiger partial charge in [-0.2, -0.15) is 0 Å². The summed E-state index contributed by atoms with van der Waals surface area (Å²) in [4.78, 5) is 27.4. The lowest BCUT2D eigenvalue weighted by atomic mass is 10.0. The highest BCUT2D eigenvalue weighted by Gasteiger charge is 2.16. The zero-order valence-electron chi connectivity index (χ0n) is 26.5. The van der Waals surface area contributed by atoms with Crippen molar-refractivity contribution in [2.75, 3.05) is 25.0 Å². The molecule has 0 saturated heterocycles. The molecular weight excluding hydrogens is 592 g/mol. The average Bonchev–Trinajstić information content (AvgIpc) is 3.06. The standard InChI is InChI=1S/C38H40N4O5/c1-38(2,39)25-46-30-15-13-29(14-16-30)41-28-11-8-27(9-12-28)22-23-40-24-33(43)31-17-19-34(37-32(31)18-20-35(44)42-37)47-36(45)21-10-26-6-4-3-5-7-26/h3-21,33,40-41,43H,22-25,39H2,1-2H3,(H,42,44)/t33-/m0/s1. The molecule has 0 unspecified atom stereocenters. The molecule has 242 valence electrons. The number of rotatable bonds is 14. The number of carbonyl (C=O) groups excluding carboxylic acids is 1. The highest BCUT2D eigenvalue weighted by atomic mass is 16.5. The number of esters is 1. The second-order valence-corrected chi connectivity index (χ2v) is 12.0. The minimum Gasteiger partial charge on any atom is -0.492 e. The number of H-pyrrole nitrogens is 1. The van der Waals surface area contributed by atoms with Gasteiger partial charge < -0.3 is 35.9 Å². The quantitative estimate of drug-likeness (QED) is 0.0443. The van der Waals surface area contributed by atoms with Crippen LogP contribution in [0, 0.1) is 0 Å². The minimum absolute atomic E-state index is 0.208. The number of pyridine rings is 1. The molecule has 0 amide bonds. The zero-order valence-corrected chi connectivity index (χ0v) is 26.5. The van der Waals surface area contributed by atoms with Gasteiger partial charge in [-0.15, -0.1) is 0 Å². The maximum Gasteiger partial charge on any atom is 0.336 e. The maximum atomic E-state index is 12.5. The first-order valence-electron chi connectivity index (χ1n) is 15.5. The molecule has 5 rings (SSSR count). The first-order chi connectivity index (χ1) is 22.6. The summed E-state index contributed by atoms with van der Waals surface area (Å²) in [6, 6.07) is 31.7. The number of nitrogens with one attached hydrogen (secondary N) is 3. The molecule has 0 radical (unpaired) electrons. The van der Waals surface area contributed by atoms with E-state index in [4.69, 9.17) is 15.2 Å². The van der Waals surface area contributed by atoms with E-state index in [1.807, 2.05) is 80.6 Å². The number of aliphatic hydroxyl groups is 1. The Morgan fingerprint density at radius 2 is 1.64 bits per heavy atom. The number of fused-ring (bicyclic) bond motifs is 1. The van der Waals surface area contributed by atoms with Crippen molar-refractivity contribution in [3.63, 3.8) is 0 Å². The van der Waals surface area contributed by atoms with Gasteiger partial charge in [-0.25, -0.2) is 4.79 Å². The molecular formula is C38H40N4O5. The molecule has 0 aliphatic rings. The summed E-state index contributed by atoms with van der Waals surface area (Å²) < 4.78 is 11.3. The maximum absolute atomic E-state index is 12.5. The number of aromatic nitrogens is 1. The van der Waals surface area contributed by atoms with E-state index in [-0.39, 0.29) is 11.3 Å². The summed E-state index contributed by atoms with van der Waals surface area (Å²) in [5, 5.41) is 18.3. The van der Waals surface area contributed by atoms with Crippen LogP contribution in [0.1, 0.15) is 36.6 Å². The van der Waals surface area contributed by atoms with Crippen molar-refractivity contribution in [1.82, 2.24) is 10.3 Å². The van der Waals surface area contributed by atoms with Crippen LogP contribution in [0.2, 0.25) is 0 Å². The number of aliphatic hydroxyl groups excluding tert-OH is 1. The van der Waals surface area contributed by atoms with Crippen molar-refractivity contribution in [2.45, 2.75) is 31.9 Å². The number of aromatic amines is 1. The van der Waals surface area contributed by atoms with Gasteiger partial charge in [-0.1, -0.05) is 48.5 Å². The largest absolute Gasteiger partial charge is 0.492 e. The normalized spacial score (nSPS) is 12.3. The van der Waals surface area contributed by atoms with E-state index in [0.29, 0.717) is 36.2 Å². The third-order valence-corrected chi connectivity index (χ3v) is 7.31. The first-order valence-corrected chi connectivity index (χ1v) is 15.5. The molecule has 6 N–H and O–H groups in total. The molecule has 1 heterocycles. The Bertz CT molecular complexity index is 1860. The van der Waals surface area contributed by atoms with Crippen LogP contribution in [-0.4, -0.2) is 41.3 Å². The van der Waals surface area contributed by atoms with Gasteiger partial charge in [-0.3, -0.25) is 4.79 Å². The van der Waals surface area contributed by atoms with Crippen molar-refractivity contribution < 1.29 is 19.4 Å². The van der Waals surface area contributed by atoms with Crippen molar-refractivity contribution >= 4 is 34.3 Å². The Balaban J connectivity index is 1.12. The molecule has 0 saturated carbocycles. The summed E-state index contributed by atoms with van der Waals surface area (Å²) in [5.41, 5.74) is 10.2. The molecule has 9 heteroatoms. The molecule has 0 aliphatic heterocycles. The number of carbonyl (C=O) groups is 1. The number of anilines is 2. The highest BCUT2D eigenvalue weighted by Crippen LogP contribution is 2.30. The van der Waals surface area contributed by atoms with Gasteiger partial charge in [0.1, 0.15) is 12.4 Å². The number of ether oxygens (including phenoxy) is 2. The number of nitrogens with two attached hydrogens (primary N) is 1. The molecule has 4 aromatic carbocycles. The van der Waals surface area contributed by atoms with Gasteiger partial charge in [0, 0.05) is 41.0 Å². The van der Waals surface area contributed by atoms with Crippen LogP contribution in [0.15, 0.2) is 114 Å². The van der Waals surface area contributed by atoms with Crippen molar-refractivity contribution in [3.05, 3.63) is 136 Å². The molecule has 1 aromatic heterocycles. The number of hydrogen-bond acceptors (Lipinski definition) is 8. The summed E-state index contributed by atoms with van der Waals surface area (Å²) in [5.74, 6) is 0.404. The average molecular weight is 633 g/mol. The van der Waals surface area contributed by atoms with E-state index in [0.717, 1.165) is 34.7 Å². The smallest absolute Gasteiger partial charge is 0.336 e. The van der Waals surface area contributed by atoms with Gasteiger partial charge in [0.25, 0.3) is 0 Å². The Morgan fingerprint density at radius 3 is 2.34 bits per heavy atom. The van der Waals surface area contributed by atoms with Gasteiger partial charge in [0.2, 0.25) is 5.56 Å². The molecule has 0 spiro atoms. The van der Waals surface area contributed by atoms with E-state index < -0.39 is 17.6 Å². The van der Waals surface area contributed by atoms with Crippen LogP contribution >= 0.6 is 0 Å². The third kappa shape index (κ3) is 9.88. The Hall–Kier alpha value is -5.22. The molecule has 5 aromatic rings. The third-order valence-electron chi connectivity index (χ3n) is 7.31. The van der Waals surface area contributed by atoms with Crippen LogP contribution in [-0.2, 0) is 11.2 Å². The SMILES string of the molecule is CC(C)(N)COc1ccc(Nc2ccc(CCNC[C@H](O)c3ccc(OC(=O)C=Cc4ccccc4)c4[nH]c(=O)ccc34)cc2)cc1. The monoisotopic (exact) mass is 632 g/mol. The van der Waals surface area contributed by atoms with Crippen LogP contribution in [0.3, 0.4) is 0 Å². The van der Waals surface area contributed by atoms with Gasteiger partial charge in [-0.05, 0) is 98.1 Å². The summed E-state index contributed by atoms with van der Waals surface area (Å²) in [6.07, 6.45) is 2.91. The van der Waals surface area contributed by atoms with Crippen LogP contribution in [0.5, 0.6) is 11.5 Å². The molecule has 9 nitrogen and oxygen atoms in total. The molecule has 0 bridgehead atoms. The first kappa shape index (κ1) is 33.2. The number of benzene rings is 4. The fraction of sp³-hybridized carbons (Fsp3) is 0.211. The van der Waals surface area contributed by atoms with E-state index >= 15 is 0 Å². The van der Waals surface area contributed by atoms with E-state index in [9.17, 15) is 14.7 Å². The van der Waals surface area contributed by atoms with Gasteiger partial charge in [0.05, 0.1) is 11.6 Å². The van der Waals surface area contributed by atoms with Crippen molar-refractivity contribution in [1.29, 1.82) is 0 Å². The van der Waals surface area contributed by atoms with Crippen LogP contribution in [0.4, 0.5) is 11.4 Å². The van der Waals surface area contributed by atoms with E-state index in [2.05, 4.69) is 27.8 Å². The Kier molecular flexibility index (Phi) is 10.8. The fourth-order valence-electron chi connectivity index (χ4n) is 4.90.